The molecule has 1 aliphatic carbocycles. The molecule has 1 aliphatic rings. The van der Waals surface area contributed by atoms with Gasteiger partial charge in [0.15, 0.2) is 5.16 Å². The van der Waals surface area contributed by atoms with E-state index in [1.807, 2.05) is 38.2 Å². The predicted octanol–water partition coefficient (Wildman–Crippen LogP) is 3.09. The Morgan fingerprint density at radius 1 is 1.14 bits per heavy atom. The molecule has 1 aromatic heterocycles. The van der Waals surface area contributed by atoms with Crippen molar-refractivity contribution in [2.75, 3.05) is 11.1 Å². The van der Waals surface area contributed by atoms with Crippen LogP contribution in [-0.2, 0) is 23.1 Å². The van der Waals surface area contributed by atoms with E-state index >= 15 is 0 Å². The summed E-state index contributed by atoms with van der Waals surface area (Å²) in [5, 5.41) is 14.9. The highest BCUT2D eigenvalue weighted by atomic mass is 32.2. The highest BCUT2D eigenvalue weighted by Gasteiger charge is 2.23. The van der Waals surface area contributed by atoms with Crippen LogP contribution < -0.4 is 10.6 Å². The lowest BCUT2D eigenvalue weighted by Crippen LogP contribution is -2.41. The number of amides is 2. The molecule has 0 bridgehead atoms. The van der Waals surface area contributed by atoms with Gasteiger partial charge in [0.1, 0.15) is 5.82 Å². The first kappa shape index (κ1) is 21.4. The zero-order valence-electron chi connectivity index (χ0n) is 17.3. The quantitative estimate of drug-likeness (QED) is 0.679. The second kappa shape index (κ2) is 9.91. The maximum atomic E-state index is 12.3. The van der Waals surface area contributed by atoms with Crippen molar-refractivity contribution in [1.82, 2.24) is 20.1 Å². The number of rotatable bonds is 7. The second-order valence-electron chi connectivity index (χ2n) is 7.77. The number of nitrogens with one attached hydrogen (secondary N) is 2. The summed E-state index contributed by atoms with van der Waals surface area (Å²) in [5.41, 5.74) is 1.89. The fourth-order valence-electron chi connectivity index (χ4n) is 3.52. The third-order valence-corrected chi connectivity index (χ3v) is 6.39. The average Bonchev–Trinajstić information content (AvgIpc) is 3.03. The van der Waals surface area contributed by atoms with Crippen LogP contribution in [0.2, 0.25) is 0 Å². The molecule has 0 radical (unpaired) electrons. The lowest BCUT2D eigenvalue weighted by Gasteiger charge is -2.29. The molecule has 2 amide bonds. The maximum absolute atomic E-state index is 12.3. The van der Waals surface area contributed by atoms with Crippen molar-refractivity contribution in [3.8, 4) is 0 Å². The van der Waals surface area contributed by atoms with E-state index in [1.165, 1.54) is 31.0 Å². The fourth-order valence-corrected chi connectivity index (χ4v) is 4.26. The molecule has 2 atom stereocenters. The predicted molar refractivity (Wildman–Crippen MR) is 115 cm³/mol. The summed E-state index contributed by atoms with van der Waals surface area (Å²) in [6.07, 6.45) is 4.79. The van der Waals surface area contributed by atoms with Gasteiger partial charge in [-0.05, 0) is 37.8 Å². The van der Waals surface area contributed by atoms with E-state index in [9.17, 15) is 9.59 Å². The van der Waals surface area contributed by atoms with E-state index in [-0.39, 0.29) is 24.3 Å². The molecule has 156 valence electrons. The van der Waals surface area contributed by atoms with Gasteiger partial charge < -0.3 is 15.2 Å². The van der Waals surface area contributed by atoms with Crippen LogP contribution in [-0.4, -0.2) is 38.4 Å². The van der Waals surface area contributed by atoms with Crippen LogP contribution in [0.4, 0.5) is 5.69 Å². The van der Waals surface area contributed by atoms with Crippen molar-refractivity contribution in [2.45, 2.75) is 57.1 Å². The molecule has 1 aromatic carbocycles. The maximum Gasteiger partial charge on any atom is 0.232 e. The van der Waals surface area contributed by atoms with Crippen LogP contribution in [0.25, 0.3) is 0 Å². The zero-order chi connectivity index (χ0) is 20.8. The van der Waals surface area contributed by atoms with Gasteiger partial charge in [0.05, 0.1) is 12.2 Å². The molecule has 0 aliphatic heterocycles. The van der Waals surface area contributed by atoms with E-state index in [4.69, 9.17) is 0 Å². The van der Waals surface area contributed by atoms with E-state index in [1.54, 1.807) is 4.57 Å². The standard InChI is InChI=1S/C21H29N5O2S/c1-14-8-10-16(11-9-14)22-19(27)12-18-24-25-21(26(18)3)29-13-20(28)23-17-7-5-4-6-15(17)2/h8-11,15,17H,4-7,12-13H2,1-3H3,(H,22,27)(H,23,28)/t15-,17-/m0/s1. The Kier molecular flexibility index (Phi) is 7.30. The molecule has 0 saturated heterocycles. The van der Waals surface area contributed by atoms with Gasteiger partial charge in [-0.2, -0.15) is 0 Å². The number of carbonyl (C=O) groups is 2. The van der Waals surface area contributed by atoms with Crippen molar-refractivity contribution >= 4 is 29.3 Å². The first-order valence-electron chi connectivity index (χ1n) is 10.1. The summed E-state index contributed by atoms with van der Waals surface area (Å²) in [4.78, 5) is 24.6. The van der Waals surface area contributed by atoms with Crippen molar-refractivity contribution in [1.29, 1.82) is 0 Å². The molecule has 7 nitrogen and oxygen atoms in total. The zero-order valence-corrected chi connectivity index (χ0v) is 18.1. The lowest BCUT2D eigenvalue weighted by molar-refractivity contribution is -0.120. The Morgan fingerprint density at radius 2 is 1.86 bits per heavy atom. The van der Waals surface area contributed by atoms with Crippen LogP contribution in [0.15, 0.2) is 29.4 Å². The Labute approximate surface area is 176 Å². The van der Waals surface area contributed by atoms with Crippen molar-refractivity contribution < 1.29 is 9.59 Å². The molecule has 1 saturated carbocycles. The van der Waals surface area contributed by atoms with Crippen LogP contribution >= 0.6 is 11.8 Å². The largest absolute Gasteiger partial charge is 0.352 e. The highest BCUT2D eigenvalue weighted by molar-refractivity contribution is 7.99. The second-order valence-corrected chi connectivity index (χ2v) is 8.72. The molecule has 2 aromatic rings. The van der Waals surface area contributed by atoms with Gasteiger partial charge in [-0.1, -0.05) is 49.2 Å². The van der Waals surface area contributed by atoms with E-state index in [2.05, 4.69) is 27.8 Å². The number of hydrogen-bond donors (Lipinski definition) is 2. The Bertz CT molecular complexity index is 849. The Hall–Kier alpha value is -2.35. The number of aromatic nitrogens is 3. The van der Waals surface area contributed by atoms with Gasteiger partial charge in [-0.25, -0.2) is 0 Å². The van der Waals surface area contributed by atoms with E-state index in [0.29, 0.717) is 22.7 Å². The smallest absolute Gasteiger partial charge is 0.232 e. The third-order valence-electron chi connectivity index (χ3n) is 5.37. The number of benzene rings is 1. The van der Waals surface area contributed by atoms with Crippen LogP contribution in [0.3, 0.4) is 0 Å². The minimum atomic E-state index is -0.148. The van der Waals surface area contributed by atoms with Gasteiger partial charge >= 0.3 is 0 Å². The number of carbonyl (C=O) groups excluding carboxylic acids is 2. The molecule has 1 fully saturated rings. The van der Waals surface area contributed by atoms with Gasteiger partial charge in [0.25, 0.3) is 0 Å². The molecule has 0 spiro atoms. The van der Waals surface area contributed by atoms with Gasteiger partial charge in [-0.3, -0.25) is 9.59 Å². The monoisotopic (exact) mass is 415 g/mol. The SMILES string of the molecule is Cc1ccc(NC(=O)Cc2nnc(SCC(=O)N[C@H]3CCCC[C@@H]3C)n2C)cc1. The molecular formula is C21H29N5O2S. The molecule has 8 heteroatoms. The van der Waals surface area contributed by atoms with E-state index < -0.39 is 0 Å². The molecule has 2 N–H and O–H groups in total. The van der Waals surface area contributed by atoms with Crippen molar-refractivity contribution in [3.63, 3.8) is 0 Å². The fraction of sp³-hybridized carbons (Fsp3) is 0.524. The molecule has 0 unspecified atom stereocenters. The number of hydrogen-bond acceptors (Lipinski definition) is 5. The van der Waals surface area contributed by atoms with Gasteiger partial charge in [-0.15, -0.1) is 10.2 Å². The van der Waals surface area contributed by atoms with Gasteiger partial charge in [0.2, 0.25) is 11.8 Å². The lowest BCUT2D eigenvalue weighted by atomic mass is 9.86. The molecular weight excluding hydrogens is 386 g/mol. The molecule has 1 heterocycles. The van der Waals surface area contributed by atoms with E-state index in [0.717, 1.165) is 17.7 Å². The summed E-state index contributed by atoms with van der Waals surface area (Å²) in [7, 11) is 1.82. The normalized spacial score (nSPS) is 19.0. The van der Waals surface area contributed by atoms with Gasteiger partial charge in [0, 0.05) is 18.8 Å². The first-order valence-corrected chi connectivity index (χ1v) is 11.1. The Morgan fingerprint density at radius 3 is 2.59 bits per heavy atom. The summed E-state index contributed by atoms with van der Waals surface area (Å²) in [6, 6.07) is 7.92. The number of nitrogens with zero attached hydrogens (tertiary/aromatic N) is 3. The number of aryl methyl sites for hydroxylation is 1. The van der Waals surface area contributed by atoms with Crippen LogP contribution in [0.1, 0.15) is 44.0 Å². The average molecular weight is 416 g/mol. The van der Waals surface area contributed by atoms with Crippen molar-refractivity contribution in [2.24, 2.45) is 13.0 Å². The summed E-state index contributed by atoms with van der Waals surface area (Å²) < 4.78 is 1.77. The summed E-state index contributed by atoms with van der Waals surface area (Å²) in [5.74, 6) is 1.27. The minimum absolute atomic E-state index is 0.0235. The number of thioether (sulfide) groups is 1. The molecule has 3 rings (SSSR count). The van der Waals surface area contributed by atoms with Crippen molar-refractivity contribution in [3.05, 3.63) is 35.7 Å². The minimum Gasteiger partial charge on any atom is -0.352 e. The summed E-state index contributed by atoms with van der Waals surface area (Å²) >= 11 is 1.34. The third kappa shape index (κ3) is 6.06. The highest BCUT2D eigenvalue weighted by Crippen LogP contribution is 2.24. The van der Waals surface area contributed by atoms with Crippen LogP contribution in [0, 0.1) is 12.8 Å². The topological polar surface area (TPSA) is 88.9 Å². The molecule has 29 heavy (non-hydrogen) atoms. The van der Waals surface area contributed by atoms with Crippen LogP contribution in [0.5, 0.6) is 0 Å². The summed E-state index contributed by atoms with van der Waals surface area (Å²) in [6.45, 7) is 4.20. The first-order chi connectivity index (χ1) is 13.9. The Balaban J connectivity index is 1.49. The number of anilines is 1.